The molecule has 0 fully saturated rings. The highest BCUT2D eigenvalue weighted by Crippen LogP contribution is 2.36. The third-order valence-electron chi connectivity index (χ3n) is 3.90. The zero-order chi connectivity index (χ0) is 15.5. The Morgan fingerprint density at radius 3 is 2.23 bits per heavy atom. The lowest BCUT2D eigenvalue weighted by Crippen LogP contribution is -2.31. The quantitative estimate of drug-likeness (QED) is 0.682. The lowest BCUT2D eigenvalue weighted by Gasteiger charge is -2.11. The van der Waals surface area contributed by atoms with Crippen LogP contribution in [-0.2, 0) is 6.54 Å². The summed E-state index contributed by atoms with van der Waals surface area (Å²) in [4.78, 5) is 0. The largest absolute Gasteiger partial charge is 0.493 e. The Balaban J connectivity index is 2.34. The topological polar surface area (TPSA) is 22.3 Å². The molecule has 3 rings (SSSR count). The molecule has 0 aliphatic heterocycles. The number of fused-ring (bicyclic) bond motifs is 1. The maximum Gasteiger partial charge on any atom is 0.177 e. The molecule has 112 valence electrons. The number of rotatable bonds is 4. The zero-order valence-electron chi connectivity index (χ0n) is 13.2. The van der Waals surface area contributed by atoms with E-state index in [4.69, 9.17) is 9.47 Å². The number of aryl methyl sites for hydroxylation is 1. The molecule has 0 aliphatic carbocycles. The molecule has 0 atom stereocenters. The summed E-state index contributed by atoms with van der Waals surface area (Å²) in [6, 6.07) is 14.5. The number of pyridine rings is 1. The zero-order valence-corrected chi connectivity index (χ0v) is 13.2. The van der Waals surface area contributed by atoms with Gasteiger partial charge in [0.15, 0.2) is 23.9 Å². The van der Waals surface area contributed by atoms with Gasteiger partial charge in [-0.1, -0.05) is 30.3 Å². The van der Waals surface area contributed by atoms with Gasteiger partial charge < -0.3 is 9.47 Å². The summed E-state index contributed by atoms with van der Waals surface area (Å²) >= 11 is 0. The number of aromatic nitrogens is 1. The van der Waals surface area contributed by atoms with Crippen molar-refractivity contribution in [1.29, 1.82) is 0 Å². The third kappa shape index (κ3) is 2.50. The van der Waals surface area contributed by atoms with Crippen molar-refractivity contribution in [2.75, 3.05) is 14.2 Å². The fourth-order valence-electron chi connectivity index (χ4n) is 2.72. The van der Waals surface area contributed by atoms with E-state index in [1.807, 2.05) is 12.1 Å². The molecular weight excluding hydrogens is 274 g/mol. The van der Waals surface area contributed by atoms with E-state index in [0.717, 1.165) is 28.8 Å². The van der Waals surface area contributed by atoms with Crippen LogP contribution in [0.5, 0.6) is 11.5 Å². The first-order valence-corrected chi connectivity index (χ1v) is 7.41. The molecule has 3 nitrogen and oxygen atoms in total. The minimum absolute atomic E-state index is 0.751. The molecule has 0 spiro atoms. The van der Waals surface area contributed by atoms with Gasteiger partial charge in [-0.2, -0.15) is 0 Å². The van der Waals surface area contributed by atoms with Crippen LogP contribution >= 0.6 is 0 Å². The lowest BCUT2D eigenvalue weighted by atomic mass is 10.00. The van der Waals surface area contributed by atoms with Crippen LogP contribution in [0.2, 0.25) is 0 Å². The number of hydrogen-bond donors (Lipinski definition) is 0. The fourth-order valence-corrected chi connectivity index (χ4v) is 2.72. The van der Waals surface area contributed by atoms with E-state index < -0.39 is 0 Å². The summed E-state index contributed by atoms with van der Waals surface area (Å²) in [7, 11) is 3.33. The van der Waals surface area contributed by atoms with Crippen LogP contribution < -0.4 is 14.0 Å². The number of nitrogens with zero attached hydrogens (tertiary/aromatic N) is 1. The van der Waals surface area contributed by atoms with Crippen molar-refractivity contribution in [2.24, 2.45) is 0 Å². The van der Waals surface area contributed by atoms with Gasteiger partial charge in [-0.05, 0) is 24.6 Å². The highest BCUT2D eigenvalue weighted by molar-refractivity contribution is 5.97. The Hall–Kier alpha value is -2.55. The molecule has 2 aromatic carbocycles. The average molecular weight is 294 g/mol. The van der Waals surface area contributed by atoms with E-state index in [1.165, 1.54) is 11.1 Å². The van der Waals surface area contributed by atoms with Gasteiger partial charge in [0.25, 0.3) is 0 Å². The Morgan fingerprint density at radius 2 is 1.59 bits per heavy atom. The smallest absolute Gasteiger partial charge is 0.177 e. The van der Waals surface area contributed by atoms with Gasteiger partial charge in [0.2, 0.25) is 0 Å². The lowest BCUT2D eigenvalue weighted by molar-refractivity contribution is -0.691. The summed E-state index contributed by atoms with van der Waals surface area (Å²) in [5.74, 6) is 1.50. The van der Waals surface area contributed by atoms with E-state index >= 15 is 0 Å². The minimum Gasteiger partial charge on any atom is -0.493 e. The second kappa shape index (κ2) is 6.06. The van der Waals surface area contributed by atoms with Gasteiger partial charge in [0.1, 0.15) is 6.54 Å². The van der Waals surface area contributed by atoms with Crippen LogP contribution in [0.25, 0.3) is 21.9 Å². The first kappa shape index (κ1) is 14.4. The van der Waals surface area contributed by atoms with Gasteiger partial charge in [-0.3, -0.25) is 0 Å². The van der Waals surface area contributed by atoms with E-state index in [-0.39, 0.29) is 0 Å². The first-order valence-electron chi connectivity index (χ1n) is 7.41. The first-order chi connectivity index (χ1) is 10.8. The number of hydrogen-bond acceptors (Lipinski definition) is 2. The monoisotopic (exact) mass is 294 g/mol. The van der Waals surface area contributed by atoms with Crippen LogP contribution in [0, 0.1) is 0 Å². The molecule has 0 N–H and O–H groups in total. The van der Waals surface area contributed by atoms with Gasteiger partial charge in [-0.25, -0.2) is 4.57 Å². The van der Waals surface area contributed by atoms with Crippen molar-refractivity contribution in [2.45, 2.75) is 13.5 Å². The molecule has 3 aromatic rings. The Kier molecular flexibility index (Phi) is 3.96. The standard InChI is InChI=1S/C19H20NO2/c1-4-20-12-15-10-18(21-2)19(22-3)11-16(15)17(13-20)14-8-6-5-7-9-14/h5-13H,4H2,1-3H3/q+1. The molecule has 0 unspecified atom stereocenters. The molecular formula is C19H20NO2+. The van der Waals surface area contributed by atoms with Crippen LogP contribution in [0.1, 0.15) is 6.92 Å². The van der Waals surface area contributed by atoms with Gasteiger partial charge in [-0.15, -0.1) is 0 Å². The van der Waals surface area contributed by atoms with E-state index in [0.29, 0.717) is 0 Å². The van der Waals surface area contributed by atoms with Crippen molar-refractivity contribution < 1.29 is 14.0 Å². The predicted octanol–water partition coefficient (Wildman–Crippen LogP) is 3.83. The van der Waals surface area contributed by atoms with Crippen molar-refractivity contribution in [3.8, 4) is 22.6 Å². The summed E-state index contributed by atoms with van der Waals surface area (Å²) in [6.07, 6.45) is 4.33. The summed E-state index contributed by atoms with van der Waals surface area (Å²) in [6.45, 7) is 3.06. The van der Waals surface area contributed by atoms with Crippen molar-refractivity contribution in [3.05, 3.63) is 54.9 Å². The van der Waals surface area contributed by atoms with Crippen LogP contribution in [0.3, 0.4) is 0 Å². The second-order valence-electron chi connectivity index (χ2n) is 5.16. The molecule has 1 aromatic heterocycles. The van der Waals surface area contributed by atoms with Crippen LogP contribution in [-0.4, -0.2) is 14.2 Å². The fraction of sp³-hybridized carbons (Fsp3) is 0.211. The van der Waals surface area contributed by atoms with Crippen molar-refractivity contribution in [3.63, 3.8) is 0 Å². The Morgan fingerprint density at radius 1 is 0.909 bits per heavy atom. The Labute approximate surface area is 130 Å². The van der Waals surface area contributed by atoms with Crippen LogP contribution in [0.4, 0.5) is 0 Å². The number of ether oxygens (including phenoxy) is 2. The van der Waals surface area contributed by atoms with Crippen LogP contribution in [0.15, 0.2) is 54.9 Å². The number of methoxy groups -OCH3 is 2. The van der Waals surface area contributed by atoms with Crippen molar-refractivity contribution in [1.82, 2.24) is 0 Å². The molecule has 22 heavy (non-hydrogen) atoms. The maximum atomic E-state index is 5.46. The van der Waals surface area contributed by atoms with Gasteiger partial charge >= 0.3 is 0 Å². The van der Waals surface area contributed by atoms with Gasteiger partial charge in [0.05, 0.1) is 25.2 Å². The van der Waals surface area contributed by atoms with Crippen molar-refractivity contribution >= 4 is 10.8 Å². The minimum atomic E-state index is 0.751. The summed E-state index contributed by atoms with van der Waals surface area (Å²) in [5.41, 5.74) is 2.39. The highest BCUT2D eigenvalue weighted by atomic mass is 16.5. The highest BCUT2D eigenvalue weighted by Gasteiger charge is 2.15. The molecule has 0 saturated carbocycles. The normalized spacial score (nSPS) is 10.7. The molecule has 3 heteroatoms. The molecule has 0 amide bonds. The summed E-state index contributed by atoms with van der Waals surface area (Å²) < 4.78 is 13.1. The molecule has 0 aliphatic rings. The van der Waals surface area contributed by atoms with Gasteiger partial charge in [0, 0.05) is 5.39 Å². The molecule has 1 heterocycles. The SMILES string of the molecule is CC[n+]1cc(-c2ccccc2)c2cc(OC)c(OC)cc2c1. The molecule has 0 bridgehead atoms. The molecule has 0 saturated heterocycles. The third-order valence-corrected chi connectivity index (χ3v) is 3.90. The number of benzene rings is 2. The second-order valence-corrected chi connectivity index (χ2v) is 5.16. The average Bonchev–Trinajstić information content (AvgIpc) is 2.60. The maximum absolute atomic E-state index is 5.46. The predicted molar refractivity (Wildman–Crippen MR) is 88.4 cm³/mol. The van der Waals surface area contributed by atoms with E-state index in [2.05, 4.69) is 54.2 Å². The van der Waals surface area contributed by atoms with E-state index in [9.17, 15) is 0 Å². The Bertz CT molecular complexity index is 797. The summed E-state index contributed by atoms with van der Waals surface area (Å²) in [5, 5.41) is 2.30. The molecule has 0 radical (unpaired) electrons. The van der Waals surface area contributed by atoms with E-state index in [1.54, 1.807) is 14.2 Å².